The van der Waals surface area contributed by atoms with Crippen LogP contribution in [0.4, 0.5) is 0 Å². The fourth-order valence-electron chi connectivity index (χ4n) is 1.96. The highest BCUT2D eigenvalue weighted by atomic mass is 32.2. The van der Waals surface area contributed by atoms with E-state index in [9.17, 15) is 13.2 Å². The second-order valence-electron chi connectivity index (χ2n) is 4.22. The van der Waals surface area contributed by atoms with E-state index in [2.05, 4.69) is 9.62 Å². The van der Waals surface area contributed by atoms with Crippen LogP contribution < -0.4 is 4.72 Å². The van der Waals surface area contributed by atoms with E-state index in [1.165, 1.54) is 25.0 Å². The molecule has 0 aromatic carbocycles. The van der Waals surface area contributed by atoms with Crippen LogP contribution in [0.5, 0.6) is 0 Å². The van der Waals surface area contributed by atoms with Gasteiger partial charge in [-0.05, 0) is 38.1 Å². The van der Waals surface area contributed by atoms with Crippen molar-refractivity contribution in [1.29, 1.82) is 0 Å². The number of nitrogens with zero attached hydrogens (tertiary/aromatic N) is 1. The minimum absolute atomic E-state index is 0.00918. The van der Waals surface area contributed by atoms with Gasteiger partial charge in [-0.3, -0.25) is 4.79 Å². The Labute approximate surface area is 106 Å². The molecule has 18 heavy (non-hydrogen) atoms. The first-order valence-corrected chi connectivity index (χ1v) is 7.37. The summed E-state index contributed by atoms with van der Waals surface area (Å²) in [6.07, 6.45) is 2.82. The maximum Gasteiger partial charge on any atom is 0.274 e. The molecule has 1 aromatic rings. The molecule has 0 saturated carbocycles. The van der Waals surface area contributed by atoms with Gasteiger partial charge < -0.3 is 9.32 Å². The maximum absolute atomic E-state index is 11.8. The average Bonchev–Trinajstić information content (AvgIpc) is 2.99. The van der Waals surface area contributed by atoms with Crippen molar-refractivity contribution in [3.05, 3.63) is 17.9 Å². The highest BCUT2D eigenvalue weighted by Crippen LogP contribution is 2.12. The van der Waals surface area contributed by atoms with E-state index in [0.29, 0.717) is 19.4 Å². The van der Waals surface area contributed by atoms with E-state index < -0.39 is 10.0 Å². The van der Waals surface area contributed by atoms with Crippen molar-refractivity contribution in [1.82, 2.24) is 9.62 Å². The number of rotatable bonds is 6. The second kappa shape index (κ2) is 5.64. The number of carbonyl (C=O) groups excluding carboxylic acids is 1. The molecular formula is C11H16N2O4S. The molecule has 1 aliphatic rings. The zero-order chi connectivity index (χ0) is 13.0. The summed E-state index contributed by atoms with van der Waals surface area (Å²) < 4.78 is 30.9. The fourth-order valence-corrected chi connectivity index (χ4v) is 2.91. The van der Waals surface area contributed by atoms with Crippen LogP contribution in [0.1, 0.15) is 23.4 Å². The number of sulfonamides is 1. The highest BCUT2D eigenvalue weighted by Gasteiger charge is 2.19. The molecule has 6 nitrogen and oxygen atoms in total. The molecule has 1 saturated heterocycles. The van der Waals surface area contributed by atoms with Gasteiger partial charge in [0.05, 0.1) is 0 Å². The molecule has 0 radical (unpaired) electrons. The van der Waals surface area contributed by atoms with Crippen LogP contribution >= 0.6 is 0 Å². The lowest BCUT2D eigenvalue weighted by Gasteiger charge is -2.14. The summed E-state index contributed by atoms with van der Waals surface area (Å²) in [7, 11) is -3.64. The quantitative estimate of drug-likeness (QED) is 0.761. The summed E-state index contributed by atoms with van der Waals surface area (Å²) >= 11 is 0. The van der Waals surface area contributed by atoms with E-state index in [1.807, 2.05) is 0 Å². The van der Waals surface area contributed by atoms with Crippen molar-refractivity contribution in [2.24, 2.45) is 0 Å². The van der Waals surface area contributed by atoms with Crippen LogP contribution in [0.25, 0.3) is 0 Å². The molecule has 1 aliphatic heterocycles. The van der Waals surface area contributed by atoms with Gasteiger partial charge in [0.2, 0.25) is 5.09 Å². The largest absolute Gasteiger partial charge is 0.440 e. The number of hydrogen-bond donors (Lipinski definition) is 1. The lowest BCUT2D eigenvalue weighted by molar-refractivity contribution is 0.109. The number of carbonyl (C=O) groups is 1. The molecule has 0 aliphatic carbocycles. The minimum atomic E-state index is -3.64. The molecule has 2 rings (SSSR count). The highest BCUT2D eigenvalue weighted by molar-refractivity contribution is 7.89. The number of hydrogen-bond acceptors (Lipinski definition) is 5. The van der Waals surface area contributed by atoms with Gasteiger partial charge in [0, 0.05) is 13.1 Å². The van der Waals surface area contributed by atoms with Crippen LogP contribution in [-0.2, 0) is 10.0 Å². The molecule has 0 atom stereocenters. The molecule has 0 bridgehead atoms. The Balaban J connectivity index is 1.88. The van der Waals surface area contributed by atoms with Gasteiger partial charge in [0.1, 0.15) is 0 Å². The van der Waals surface area contributed by atoms with Gasteiger partial charge in [0.25, 0.3) is 10.0 Å². The summed E-state index contributed by atoms with van der Waals surface area (Å²) in [5.41, 5.74) is 0. The van der Waals surface area contributed by atoms with Crippen LogP contribution in [0.15, 0.2) is 21.6 Å². The molecule has 1 aromatic heterocycles. The van der Waals surface area contributed by atoms with Crippen molar-refractivity contribution >= 4 is 16.3 Å². The van der Waals surface area contributed by atoms with Crippen LogP contribution in [-0.4, -0.2) is 45.8 Å². The molecule has 0 spiro atoms. The zero-order valence-corrected chi connectivity index (χ0v) is 10.8. The molecule has 1 fully saturated rings. The second-order valence-corrected chi connectivity index (χ2v) is 5.92. The van der Waals surface area contributed by atoms with Gasteiger partial charge in [0.15, 0.2) is 12.0 Å². The zero-order valence-electron chi connectivity index (χ0n) is 9.96. The van der Waals surface area contributed by atoms with E-state index in [0.717, 1.165) is 13.1 Å². The SMILES string of the molecule is O=Cc1ccc(S(=O)(=O)NCCN2CCCC2)o1. The van der Waals surface area contributed by atoms with Crippen LogP contribution in [0.3, 0.4) is 0 Å². The Morgan fingerprint density at radius 2 is 2.06 bits per heavy atom. The van der Waals surface area contributed by atoms with Gasteiger partial charge in [-0.2, -0.15) is 0 Å². The molecule has 7 heteroatoms. The lowest BCUT2D eigenvalue weighted by atomic mass is 10.4. The molecular weight excluding hydrogens is 256 g/mol. The van der Waals surface area contributed by atoms with Crippen molar-refractivity contribution in [3.63, 3.8) is 0 Å². The summed E-state index contributed by atoms with van der Waals surface area (Å²) in [6.45, 7) is 3.09. The summed E-state index contributed by atoms with van der Waals surface area (Å²) in [6, 6.07) is 2.62. The molecule has 2 heterocycles. The van der Waals surface area contributed by atoms with Crippen molar-refractivity contribution in [2.45, 2.75) is 17.9 Å². The first-order chi connectivity index (χ1) is 8.62. The fraction of sp³-hybridized carbons (Fsp3) is 0.545. The first-order valence-electron chi connectivity index (χ1n) is 5.89. The van der Waals surface area contributed by atoms with E-state index >= 15 is 0 Å². The number of likely N-dealkylation sites (tertiary alicyclic amines) is 1. The van der Waals surface area contributed by atoms with Gasteiger partial charge in [-0.15, -0.1) is 0 Å². The first kappa shape index (κ1) is 13.3. The standard InChI is InChI=1S/C11H16N2O4S/c14-9-10-3-4-11(17-10)18(15,16)12-5-8-13-6-1-2-7-13/h3-4,9,12H,1-2,5-8H2. The topological polar surface area (TPSA) is 79.6 Å². The Bertz CT molecular complexity index is 503. The van der Waals surface area contributed by atoms with Crippen molar-refractivity contribution < 1.29 is 17.6 Å². The molecule has 100 valence electrons. The van der Waals surface area contributed by atoms with Crippen LogP contribution in [0.2, 0.25) is 0 Å². The van der Waals surface area contributed by atoms with E-state index in [-0.39, 0.29) is 10.9 Å². The van der Waals surface area contributed by atoms with E-state index in [1.54, 1.807) is 0 Å². The smallest absolute Gasteiger partial charge is 0.274 e. The summed E-state index contributed by atoms with van der Waals surface area (Å²) in [5, 5.41) is -0.217. The third kappa shape index (κ3) is 3.18. The third-order valence-corrected chi connectivity index (χ3v) is 4.24. The third-order valence-electron chi connectivity index (χ3n) is 2.90. The Morgan fingerprint density at radius 3 is 2.67 bits per heavy atom. The molecule has 0 unspecified atom stereocenters. The van der Waals surface area contributed by atoms with Gasteiger partial charge in [-0.1, -0.05) is 0 Å². The number of furan rings is 1. The Kier molecular flexibility index (Phi) is 4.15. The predicted octanol–water partition coefficient (Wildman–Crippen LogP) is 0.466. The lowest BCUT2D eigenvalue weighted by Crippen LogP contribution is -2.33. The molecule has 0 amide bonds. The maximum atomic E-state index is 11.8. The van der Waals surface area contributed by atoms with Gasteiger partial charge >= 0.3 is 0 Å². The Morgan fingerprint density at radius 1 is 1.33 bits per heavy atom. The van der Waals surface area contributed by atoms with Crippen LogP contribution in [0, 0.1) is 0 Å². The number of aldehydes is 1. The van der Waals surface area contributed by atoms with Crippen molar-refractivity contribution in [3.8, 4) is 0 Å². The normalized spacial score (nSPS) is 17.1. The Hall–Kier alpha value is -1.18. The average molecular weight is 272 g/mol. The monoisotopic (exact) mass is 272 g/mol. The number of nitrogens with one attached hydrogen (secondary N) is 1. The summed E-state index contributed by atoms with van der Waals surface area (Å²) in [5.74, 6) is 0.00918. The summed E-state index contributed by atoms with van der Waals surface area (Å²) in [4.78, 5) is 12.6. The van der Waals surface area contributed by atoms with E-state index in [4.69, 9.17) is 4.42 Å². The minimum Gasteiger partial charge on any atom is -0.440 e. The van der Waals surface area contributed by atoms with Crippen molar-refractivity contribution in [2.75, 3.05) is 26.2 Å². The molecule has 1 N–H and O–H groups in total. The van der Waals surface area contributed by atoms with Gasteiger partial charge in [-0.25, -0.2) is 13.1 Å². The predicted molar refractivity (Wildman–Crippen MR) is 65.0 cm³/mol.